The molecule has 0 amide bonds. The maximum atomic E-state index is 14.3. The molecule has 0 saturated heterocycles. The van der Waals surface area contributed by atoms with Crippen LogP contribution < -0.4 is 9.80 Å². The predicted molar refractivity (Wildman–Crippen MR) is 290 cm³/mol. The number of hydrogen-bond donors (Lipinski definition) is 2. The second-order valence-corrected chi connectivity index (χ2v) is 17.6. The van der Waals surface area contributed by atoms with Crippen molar-refractivity contribution in [2.45, 2.75) is 11.2 Å². The van der Waals surface area contributed by atoms with Crippen molar-refractivity contribution in [3.05, 3.63) is 323 Å². The second kappa shape index (κ2) is 19.1. The number of aliphatic hydroxyl groups is 2. The van der Waals surface area contributed by atoms with Crippen LogP contribution in [-0.4, -0.2) is 10.2 Å². The van der Waals surface area contributed by atoms with Gasteiger partial charge in [0.2, 0.25) is 0 Å². The van der Waals surface area contributed by atoms with E-state index >= 15 is 0 Å². The largest absolute Gasteiger partial charge is 0.376 e. The van der Waals surface area contributed by atoms with Gasteiger partial charge in [-0.15, -0.1) is 0 Å². The minimum atomic E-state index is -1.75. The molecule has 10 aromatic carbocycles. The molecule has 2 atom stereocenters. The quantitative estimate of drug-likeness (QED) is 0.120. The maximum Gasteiger partial charge on any atom is 0.141 e. The van der Waals surface area contributed by atoms with Crippen LogP contribution in [0.2, 0.25) is 0 Å². The van der Waals surface area contributed by atoms with E-state index in [0.29, 0.717) is 33.4 Å². The number of rotatable bonds is 12. The first kappa shape index (κ1) is 43.8. The molecule has 70 heavy (non-hydrogen) atoms. The van der Waals surface area contributed by atoms with Gasteiger partial charge in [-0.2, -0.15) is 0 Å². The first-order valence-corrected chi connectivity index (χ1v) is 23.7. The third-order valence-corrected chi connectivity index (χ3v) is 13.3. The topological polar surface area (TPSA) is 46.9 Å². The fraction of sp³-hybridized carbons (Fsp3) is 0.0303. The van der Waals surface area contributed by atoms with E-state index in [-0.39, 0.29) is 0 Å². The first-order valence-electron chi connectivity index (χ1n) is 23.7. The van der Waals surface area contributed by atoms with Crippen LogP contribution in [0.25, 0.3) is 24.3 Å². The summed E-state index contributed by atoms with van der Waals surface area (Å²) in [6, 6.07) is 90.1. The van der Waals surface area contributed by atoms with E-state index in [4.69, 9.17) is 0 Å². The number of nitrogens with zero attached hydrogens (tertiary/aromatic N) is 2. The van der Waals surface area contributed by atoms with E-state index in [1.807, 2.05) is 146 Å². The third kappa shape index (κ3) is 8.33. The highest BCUT2D eigenvalue weighted by Crippen LogP contribution is 2.56. The zero-order valence-corrected chi connectivity index (χ0v) is 38.5. The zero-order valence-electron chi connectivity index (χ0n) is 38.5. The molecule has 0 saturated carbocycles. The summed E-state index contributed by atoms with van der Waals surface area (Å²) in [6.45, 7) is 0. The minimum Gasteiger partial charge on any atom is -0.376 e. The smallest absolute Gasteiger partial charge is 0.141 e. The SMILES string of the molecule is OC1(c2cccc(C=Cc3ccccc3)c2)c2ccc(N(c3ccccc3)c3ccccc3)cc2C(O)(c2cccc(C=Cc3ccccc3)c2)c2ccc(N(c3ccccc3)c3ccccc3)cc21. The van der Waals surface area contributed by atoms with Crippen molar-refractivity contribution in [1.82, 2.24) is 0 Å². The summed E-state index contributed by atoms with van der Waals surface area (Å²) in [5.41, 5.74) is 9.63. The highest BCUT2D eigenvalue weighted by molar-refractivity contribution is 5.82. The Morgan fingerprint density at radius 1 is 0.243 bits per heavy atom. The highest BCUT2D eigenvalue weighted by Gasteiger charge is 2.51. The average molecular weight is 903 g/mol. The molecule has 2 unspecified atom stereocenters. The van der Waals surface area contributed by atoms with Crippen LogP contribution in [0.4, 0.5) is 34.1 Å². The Hall–Kier alpha value is -8.80. The Balaban J connectivity index is 1.19. The number of benzene rings is 10. The van der Waals surface area contributed by atoms with Crippen molar-refractivity contribution in [1.29, 1.82) is 0 Å². The first-order chi connectivity index (χ1) is 34.5. The maximum absolute atomic E-state index is 14.3. The fourth-order valence-electron chi connectivity index (χ4n) is 9.94. The molecular formula is C66H50N2O2. The molecule has 11 rings (SSSR count). The van der Waals surface area contributed by atoms with Gasteiger partial charge in [0.25, 0.3) is 0 Å². The lowest BCUT2D eigenvalue weighted by Gasteiger charge is -2.46. The monoisotopic (exact) mass is 902 g/mol. The van der Waals surface area contributed by atoms with Gasteiger partial charge in [0.05, 0.1) is 0 Å². The average Bonchev–Trinajstić information content (AvgIpc) is 3.43. The molecule has 1 aliphatic carbocycles. The van der Waals surface area contributed by atoms with Crippen LogP contribution in [-0.2, 0) is 11.2 Å². The Labute approximate surface area is 410 Å². The summed E-state index contributed by atoms with van der Waals surface area (Å²) >= 11 is 0. The van der Waals surface area contributed by atoms with Gasteiger partial charge in [0.1, 0.15) is 11.2 Å². The van der Waals surface area contributed by atoms with Gasteiger partial charge >= 0.3 is 0 Å². The summed E-state index contributed by atoms with van der Waals surface area (Å²) in [7, 11) is 0. The zero-order chi connectivity index (χ0) is 47.3. The van der Waals surface area contributed by atoms with Gasteiger partial charge in [-0.05, 0) is 129 Å². The molecular weight excluding hydrogens is 853 g/mol. The number of para-hydroxylation sites is 4. The summed E-state index contributed by atoms with van der Waals surface area (Å²) in [5.74, 6) is 0. The molecule has 0 heterocycles. The molecule has 0 bridgehead atoms. The van der Waals surface area contributed by atoms with Crippen LogP contribution in [0.3, 0.4) is 0 Å². The van der Waals surface area contributed by atoms with E-state index < -0.39 is 11.2 Å². The van der Waals surface area contributed by atoms with Gasteiger partial charge in [0, 0.05) is 45.3 Å². The molecule has 1 aliphatic rings. The van der Waals surface area contributed by atoms with Crippen LogP contribution in [0.5, 0.6) is 0 Å². The molecule has 0 fully saturated rings. The highest BCUT2D eigenvalue weighted by atomic mass is 16.3. The summed E-state index contributed by atoms with van der Waals surface area (Å²) < 4.78 is 0. The summed E-state index contributed by atoms with van der Waals surface area (Å²) in [6.07, 6.45) is 8.35. The lowest BCUT2D eigenvalue weighted by molar-refractivity contribution is 0.0749. The van der Waals surface area contributed by atoms with Crippen LogP contribution in [0.15, 0.2) is 267 Å². The molecule has 4 heteroatoms. The number of fused-ring (bicyclic) bond motifs is 2. The van der Waals surface area contributed by atoms with Crippen molar-refractivity contribution in [2.75, 3.05) is 9.80 Å². The normalized spacial score (nSPS) is 16.1. The van der Waals surface area contributed by atoms with Crippen LogP contribution in [0.1, 0.15) is 55.6 Å². The van der Waals surface area contributed by atoms with E-state index in [1.165, 1.54) is 0 Å². The molecule has 0 radical (unpaired) electrons. The van der Waals surface area contributed by atoms with Crippen LogP contribution in [0, 0.1) is 0 Å². The van der Waals surface area contributed by atoms with Gasteiger partial charge in [-0.25, -0.2) is 0 Å². The van der Waals surface area contributed by atoms with Crippen molar-refractivity contribution < 1.29 is 10.2 Å². The van der Waals surface area contributed by atoms with Crippen molar-refractivity contribution in [3.63, 3.8) is 0 Å². The van der Waals surface area contributed by atoms with E-state index in [1.54, 1.807) is 0 Å². The van der Waals surface area contributed by atoms with Crippen molar-refractivity contribution in [2.24, 2.45) is 0 Å². The fourth-order valence-corrected chi connectivity index (χ4v) is 9.94. The lowest BCUT2D eigenvalue weighted by Crippen LogP contribution is -2.44. The predicted octanol–water partition coefficient (Wildman–Crippen LogP) is 15.8. The number of anilines is 6. The molecule has 4 nitrogen and oxygen atoms in total. The van der Waals surface area contributed by atoms with Crippen molar-refractivity contribution in [3.8, 4) is 0 Å². The molecule has 0 aromatic heterocycles. The molecule has 0 spiro atoms. The molecule has 10 aromatic rings. The van der Waals surface area contributed by atoms with E-state index in [0.717, 1.165) is 56.4 Å². The Morgan fingerprint density at radius 3 is 0.857 bits per heavy atom. The van der Waals surface area contributed by atoms with Gasteiger partial charge in [-0.1, -0.05) is 206 Å². The lowest BCUT2D eigenvalue weighted by atomic mass is 9.63. The van der Waals surface area contributed by atoms with Crippen molar-refractivity contribution >= 4 is 58.4 Å². The van der Waals surface area contributed by atoms with E-state index in [2.05, 4.69) is 155 Å². The Bertz CT molecular complexity index is 3140. The van der Waals surface area contributed by atoms with Gasteiger partial charge in [0.15, 0.2) is 0 Å². The molecule has 0 aliphatic heterocycles. The number of hydrogen-bond acceptors (Lipinski definition) is 4. The standard InChI is InChI=1S/C66H50N2O2/c69-65(53-27-19-25-51(45-53)39-37-49-21-7-1-8-22-49)61-43-41-60(68(57-33-15-5-16-34-57)58-35-17-6-18-36-58)48-64(61)66(70,54-28-20-26-52(46-54)40-38-50-23-9-2-10-24-50)62-44-42-59(47-63(62)65)67(55-29-11-3-12-30-55)56-31-13-4-14-32-56/h1-48,69-70H. The van der Waals surface area contributed by atoms with Gasteiger partial charge < -0.3 is 20.0 Å². The minimum absolute atomic E-state index is 0.571. The summed E-state index contributed by atoms with van der Waals surface area (Å²) in [4.78, 5) is 4.40. The Kier molecular flexibility index (Phi) is 11.9. The summed E-state index contributed by atoms with van der Waals surface area (Å²) in [5, 5.41) is 28.7. The molecule has 336 valence electrons. The third-order valence-electron chi connectivity index (χ3n) is 13.3. The van der Waals surface area contributed by atoms with Gasteiger partial charge in [-0.3, -0.25) is 0 Å². The Morgan fingerprint density at radius 2 is 0.529 bits per heavy atom. The van der Waals surface area contributed by atoms with Crippen LogP contribution >= 0.6 is 0 Å². The van der Waals surface area contributed by atoms with E-state index in [9.17, 15) is 10.2 Å². The second-order valence-electron chi connectivity index (χ2n) is 17.6. The molecule has 2 N–H and O–H groups in total.